The molecule has 25 heavy (non-hydrogen) atoms. The van der Waals surface area contributed by atoms with Crippen LogP contribution in [0.25, 0.3) is 22.4 Å². The summed E-state index contributed by atoms with van der Waals surface area (Å²) in [4.78, 5) is 27.7. The molecule has 0 unspecified atom stereocenters. The van der Waals surface area contributed by atoms with Crippen molar-refractivity contribution in [1.82, 2.24) is 4.98 Å². The topological polar surface area (TPSA) is 89.6 Å². The first-order chi connectivity index (χ1) is 12.0. The van der Waals surface area contributed by atoms with Crippen LogP contribution in [0.5, 0.6) is 5.75 Å². The molecule has 0 saturated carbocycles. The largest absolute Gasteiger partial charge is 0.491 e. The summed E-state index contributed by atoms with van der Waals surface area (Å²) in [6.07, 6.45) is 1.58. The highest BCUT2D eigenvalue weighted by molar-refractivity contribution is 5.92. The van der Waals surface area contributed by atoms with E-state index in [1.807, 2.05) is 13.8 Å². The second-order valence-electron chi connectivity index (χ2n) is 6.05. The molecule has 1 N–H and O–H groups in total. The lowest BCUT2D eigenvalue weighted by Gasteiger charge is -2.12. The van der Waals surface area contributed by atoms with Crippen molar-refractivity contribution in [3.8, 4) is 17.2 Å². The van der Waals surface area contributed by atoms with E-state index in [1.54, 1.807) is 18.3 Å². The molecule has 0 spiro atoms. The molecule has 128 valence electrons. The number of carboxylic acid groups (broad SMARTS) is 1. The molecule has 3 aromatic rings. The van der Waals surface area contributed by atoms with Gasteiger partial charge in [0.2, 0.25) is 0 Å². The van der Waals surface area contributed by atoms with Gasteiger partial charge in [-0.25, -0.2) is 9.78 Å². The molecule has 0 fully saturated rings. The number of nitrogens with zero attached hydrogens (tertiary/aromatic N) is 1. The molecule has 0 saturated heterocycles. The Bertz CT molecular complexity index is 991. The van der Waals surface area contributed by atoms with Gasteiger partial charge in [0, 0.05) is 12.3 Å². The highest BCUT2D eigenvalue weighted by Crippen LogP contribution is 2.29. The third kappa shape index (κ3) is 3.52. The first-order valence-corrected chi connectivity index (χ1v) is 7.85. The number of aromatic nitrogens is 1. The number of carboxylic acids is 1. The van der Waals surface area contributed by atoms with Crippen LogP contribution in [0.15, 0.2) is 51.8 Å². The maximum absolute atomic E-state index is 12.4. The molecule has 3 rings (SSSR count). The Morgan fingerprint density at radius 1 is 1.28 bits per heavy atom. The van der Waals surface area contributed by atoms with Crippen LogP contribution in [0.1, 0.15) is 24.2 Å². The molecule has 0 amide bonds. The third-order valence-corrected chi connectivity index (χ3v) is 3.55. The van der Waals surface area contributed by atoms with Gasteiger partial charge < -0.3 is 14.3 Å². The number of ether oxygens (including phenoxy) is 1. The number of benzene rings is 1. The Hall–Kier alpha value is -3.15. The quantitative estimate of drug-likeness (QED) is 0.764. The maximum atomic E-state index is 12.4. The number of hydrogen-bond donors (Lipinski definition) is 1. The van der Waals surface area contributed by atoms with Crippen LogP contribution in [0, 0.1) is 5.92 Å². The summed E-state index contributed by atoms with van der Waals surface area (Å²) >= 11 is 0. The molecule has 0 aliphatic heterocycles. The molecule has 0 aliphatic rings. The Balaban J connectivity index is 2.13. The summed E-state index contributed by atoms with van der Waals surface area (Å²) in [6.45, 7) is 4.55. The normalized spacial score (nSPS) is 11.0. The van der Waals surface area contributed by atoms with E-state index in [-0.39, 0.29) is 22.3 Å². The van der Waals surface area contributed by atoms with Crippen LogP contribution >= 0.6 is 0 Å². The zero-order valence-corrected chi connectivity index (χ0v) is 13.9. The second-order valence-corrected chi connectivity index (χ2v) is 6.05. The highest BCUT2D eigenvalue weighted by Gasteiger charge is 2.15. The van der Waals surface area contributed by atoms with Crippen LogP contribution in [0.2, 0.25) is 0 Å². The smallest absolute Gasteiger partial charge is 0.335 e. The second kappa shape index (κ2) is 6.76. The number of rotatable bonds is 5. The number of aromatic carboxylic acids is 1. The maximum Gasteiger partial charge on any atom is 0.335 e. The van der Waals surface area contributed by atoms with Crippen molar-refractivity contribution in [3.63, 3.8) is 0 Å². The van der Waals surface area contributed by atoms with Crippen molar-refractivity contribution in [2.75, 3.05) is 6.61 Å². The van der Waals surface area contributed by atoms with Gasteiger partial charge in [0.15, 0.2) is 11.2 Å². The van der Waals surface area contributed by atoms with Gasteiger partial charge in [-0.2, -0.15) is 0 Å². The zero-order chi connectivity index (χ0) is 18.0. The molecular formula is C19H17NO5. The van der Waals surface area contributed by atoms with E-state index in [9.17, 15) is 9.59 Å². The zero-order valence-electron chi connectivity index (χ0n) is 13.9. The molecule has 0 aliphatic carbocycles. The number of pyridine rings is 1. The SMILES string of the molecule is CC(C)COc1cccnc1-c1cc(=O)c2ccc(C(=O)O)cc2o1. The van der Waals surface area contributed by atoms with Crippen LogP contribution in [0.4, 0.5) is 0 Å². The van der Waals surface area contributed by atoms with E-state index < -0.39 is 5.97 Å². The van der Waals surface area contributed by atoms with Crippen LogP contribution in [0.3, 0.4) is 0 Å². The first kappa shape index (κ1) is 16.7. The van der Waals surface area contributed by atoms with Crippen molar-refractivity contribution in [2.24, 2.45) is 5.92 Å². The molecule has 0 atom stereocenters. The molecule has 1 aromatic carbocycles. The van der Waals surface area contributed by atoms with Gasteiger partial charge in [0.05, 0.1) is 17.6 Å². The van der Waals surface area contributed by atoms with E-state index >= 15 is 0 Å². The fraction of sp³-hybridized carbons (Fsp3) is 0.211. The summed E-state index contributed by atoms with van der Waals surface area (Å²) in [7, 11) is 0. The molecule has 6 nitrogen and oxygen atoms in total. The van der Waals surface area contributed by atoms with Gasteiger partial charge in [-0.05, 0) is 36.2 Å². The van der Waals surface area contributed by atoms with Crippen molar-refractivity contribution in [2.45, 2.75) is 13.8 Å². The summed E-state index contributed by atoms with van der Waals surface area (Å²) < 4.78 is 11.5. The lowest BCUT2D eigenvalue weighted by Crippen LogP contribution is -2.07. The van der Waals surface area contributed by atoms with E-state index in [4.69, 9.17) is 14.3 Å². The molecule has 0 radical (unpaired) electrons. The third-order valence-electron chi connectivity index (χ3n) is 3.55. The van der Waals surface area contributed by atoms with E-state index in [1.165, 1.54) is 24.3 Å². The number of carbonyl (C=O) groups is 1. The van der Waals surface area contributed by atoms with E-state index in [0.29, 0.717) is 29.4 Å². The van der Waals surface area contributed by atoms with Gasteiger partial charge >= 0.3 is 5.97 Å². The fourth-order valence-corrected chi connectivity index (χ4v) is 2.35. The minimum atomic E-state index is -1.09. The van der Waals surface area contributed by atoms with Crippen LogP contribution < -0.4 is 10.2 Å². The molecular weight excluding hydrogens is 322 g/mol. The van der Waals surface area contributed by atoms with E-state index in [0.717, 1.165) is 0 Å². The highest BCUT2D eigenvalue weighted by atomic mass is 16.5. The standard InChI is InChI=1S/C19H17NO5/c1-11(2)10-24-15-4-3-7-20-18(15)17-9-14(21)13-6-5-12(19(22)23)8-16(13)25-17/h3-9,11H,10H2,1-2H3,(H,22,23). The lowest BCUT2D eigenvalue weighted by molar-refractivity contribution is 0.0697. The van der Waals surface area contributed by atoms with Gasteiger partial charge in [0.1, 0.15) is 17.0 Å². The molecule has 0 bridgehead atoms. The summed E-state index contributed by atoms with van der Waals surface area (Å²) in [6, 6.07) is 8.99. The fourth-order valence-electron chi connectivity index (χ4n) is 2.35. The Labute approximate surface area is 143 Å². The lowest BCUT2D eigenvalue weighted by atomic mass is 10.1. The van der Waals surface area contributed by atoms with Crippen LogP contribution in [-0.4, -0.2) is 22.7 Å². The van der Waals surface area contributed by atoms with Gasteiger partial charge in [-0.3, -0.25) is 4.79 Å². The van der Waals surface area contributed by atoms with Crippen molar-refractivity contribution < 1.29 is 19.1 Å². The van der Waals surface area contributed by atoms with Crippen molar-refractivity contribution in [1.29, 1.82) is 0 Å². The molecule has 2 aromatic heterocycles. The number of hydrogen-bond acceptors (Lipinski definition) is 5. The summed E-state index contributed by atoms with van der Waals surface area (Å²) in [5, 5.41) is 9.43. The van der Waals surface area contributed by atoms with Crippen molar-refractivity contribution in [3.05, 3.63) is 58.4 Å². The van der Waals surface area contributed by atoms with Crippen LogP contribution in [-0.2, 0) is 0 Å². The monoisotopic (exact) mass is 339 g/mol. The molecule has 6 heteroatoms. The Morgan fingerprint density at radius 3 is 2.80 bits per heavy atom. The minimum absolute atomic E-state index is 0.0464. The average molecular weight is 339 g/mol. The van der Waals surface area contributed by atoms with Crippen molar-refractivity contribution >= 4 is 16.9 Å². The Morgan fingerprint density at radius 2 is 2.08 bits per heavy atom. The van der Waals surface area contributed by atoms with Gasteiger partial charge in [0.25, 0.3) is 0 Å². The summed E-state index contributed by atoms with van der Waals surface area (Å²) in [5.41, 5.74) is 0.379. The number of fused-ring (bicyclic) bond motifs is 1. The van der Waals surface area contributed by atoms with E-state index in [2.05, 4.69) is 4.98 Å². The predicted octanol–water partition coefficient (Wildman–Crippen LogP) is 3.59. The van der Waals surface area contributed by atoms with Gasteiger partial charge in [-0.1, -0.05) is 13.8 Å². The summed E-state index contributed by atoms with van der Waals surface area (Å²) in [5.74, 6) is -0.0176. The van der Waals surface area contributed by atoms with Gasteiger partial charge in [-0.15, -0.1) is 0 Å². The predicted molar refractivity (Wildman–Crippen MR) is 93.0 cm³/mol. The minimum Gasteiger partial charge on any atom is -0.491 e. The Kier molecular flexibility index (Phi) is 4.52. The molecule has 2 heterocycles. The average Bonchev–Trinajstić information content (AvgIpc) is 2.59. The first-order valence-electron chi connectivity index (χ1n) is 7.85.